The van der Waals surface area contributed by atoms with Gasteiger partial charge in [0.15, 0.2) is 0 Å². The Morgan fingerprint density at radius 3 is 2.86 bits per heavy atom. The smallest absolute Gasteiger partial charge is 0.251 e. The number of nitrogens with zero attached hydrogens (tertiary/aromatic N) is 1. The fourth-order valence-electron chi connectivity index (χ4n) is 2.15. The van der Waals surface area contributed by atoms with Gasteiger partial charge in [-0.25, -0.2) is 8.42 Å². The Bertz CT molecular complexity index is 609. The molecule has 2 rings (SSSR count). The van der Waals surface area contributed by atoms with Gasteiger partial charge in [0.2, 0.25) is 10.0 Å². The highest BCUT2D eigenvalue weighted by atomic mass is 32.2. The third-order valence-corrected chi connectivity index (χ3v) is 4.69. The molecule has 0 radical (unpaired) electrons. The van der Waals surface area contributed by atoms with Gasteiger partial charge in [-0.1, -0.05) is 6.07 Å². The largest absolute Gasteiger partial charge is 0.376 e. The summed E-state index contributed by atoms with van der Waals surface area (Å²) in [5.74, 6) is -0.228. The van der Waals surface area contributed by atoms with Crippen molar-refractivity contribution in [2.75, 3.05) is 30.8 Å². The number of nitrogens with one attached hydrogen (secondary N) is 1. The van der Waals surface area contributed by atoms with Gasteiger partial charge in [0.25, 0.3) is 5.91 Å². The lowest BCUT2D eigenvalue weighted by Gasteiger charge is -2.17. The van der Waals surface area contributed by atoms with Crippen LogP contribution in [0.2, 0.25) is 0 Å². The summed E-state index contributed by atoms with van der Waals surface area (Å²) >= 11 is 0. The highest BCUT2D eigenvalue weighted by molar-refractivity contribution is 7.92. The molecule has 1 saturated heterocycles. The van der Waals surface area contributed by atoms with E-state index < -0.39 is 10.0 Å². The van der Waals surface area contributed by atoms with E-state index >= 15 is 0 Å². The molecule has 1 aromatic rings. The molecule has 1 aromatic carbocycles. The van der Waals surface area contributed by atoms with E-state index in [1.807, 2.05) is 0 Å². The molecule has 0 bridgehead atoms. The van der Waals surface area contributed by atoms with Gasteiger partial charge in [-0.05, 0) is 31.0 Å². The van der Waals surface area contributed by atoms with Crippen LogP contribution in [-0.2, 0) is 14.8 Å². The molecule has 1 amide bonds. The standard InChI is InChI=1S/C14H20N2O4S/c1-16(21(2,18)19)12-6-3-5-11(9-12)14(17)15-10-13-7-4-8-20-13/h3,5-6,9,13H,4,7-8,10H2,1-2H3,(H,15,17)/t13-/m0/s1. The minimum absolute atomic E-state index is 0.0795. The number of ether oxygens (including phenoxy) is 1. The van der Waals surface area contributed by atoms with Gasteiger partial charge in [0.1, 0.15) is 0 Å². The summed E-state index contributed by atoms with van der Waals surface area (Å²) in [6.45, 7) is 1.22. The molecule has 1 aliphatic heterocycles. The van der Waals surface area contributed by atoms with Crippen molar-refractivity contribution in [3.8, 4) is 0 Å². The first-order chi connectivity index (χ1) is 9.88. The van der Waals surface area contributed by atoms with Crippen LogP contribution in [0.4, 0.5) is 5.69 Å². The minimum atomic E-state index is -3.34. The Morgan fingerprint density at radius 2 is 2.24 bits per heavy atom. The first-order valence-corrected chi connectivity index (χ1v) is 8.66. The van der Waals surface area contributed by atoms with Crippen molar-refractivity contribution in [1.82, 2.24) is 5.32 Å². The van der Waals surface area contributed by atoms with Crippen LogP contribution < -0.4 is 9.62 Å². The van der Waals surface area contributed by atoms with E-state index in [-0.39, 0.29) is 12.0 Å². The summed E-state index contributed by atoms with van der Waals surface area (Å²) in [7, 11) is -1.89. The van der Waals surface area contributed by atoms with Gasteiger partial charge < -0.3 is 10.1 Å². The molecule has 1 heterocycles. The maximum Gasteiger partial charge on any atom is 0.251 e. The van der Waals surface area contributed by atoms with Gasteiger partial charge in [-0.3, -0.25) is 9.10 Å². The van der Waals surface area contributed by atoms with Crippen molar-refractivity contribution < 1.29 is 17.9 Å². The highest BCUT2D eigenvalue weighted by Crippen LogP contribution is 2.17. The fourth-order valence-corrected chi connectivity index (χ4v) is 2.64. The Hall–Kier alpha value is -1.60. The first kappa shape index (κ1) is 15.8. The molecule has 0 saturated carbocycles. The average Bonchev–Trinajstić information content (AvgIpc) is 2.96. The molecule has 0 spiro atoms. The van der Waals surface area contributed by atoms with Crippen molar-refractivity contribution in [2.24, 2.45) is 0 Å². The molecule has 0 aliphatic carbocycles. The van der Waals surface area contributed by atoms with Crippen LogP contribution in [0.3, 0.4) is 0 Å². The number of benzene rings is 1. The number of rotatable bonds is 5. The summed E-state index contributed by atoms with van der Waals surface area (Å²) in [4.78, 5) is 12.1. The predicted molar refractivity (Wildman–Crippen MR) is 81.0 cm³/mol. The topological polar surface area (TPSA) is 75.7 Å². The third kappa shape index (κ3) is 4.18. The number of hydrogen-bond donors (Lipinski definition) is 1. The molecule has 7 heteroatoms. The van der Waals surface area contributed by atoms with E-state index in [4.69, 9.17) is 4.74 Å². The molecule has 0 unspecified atom stereocenters. The molecule has 6 nitrogen and oxygen atoms in total. The maximum atomic E-state index is 12.1. The molecule has 1 atom stereocenters. The fraction of sp³-hybridized carbons (Fsp3) is 0.500. The number of amides is 1. The number of anilines is 1. The molecule has 1 aliphatic rings. The highest BCUT2D eigenvalue weighted by Gasteiger charge is 2.18. The zero-order valence-corrected chi connectivity index (χ0v) is 13.0. The van der Waals surface area contributed by atoms with Gasteiger partial charge in [0, 0.05) is 25.8 Å². The van der Waals surface area contributed by atoms with E-state index in [0.717, 1.165) is 30.0 Å². The molecular formula is C14H20N2O4S. The quantitative estimate of drug-likeness (QED) is 0.880. The van der Waals surface area contributed by atoms with Crippen LogP contribution in [-0.4, -0.2) is 46.9 Å². The Labute approximate surface area is 125 Å². The second kappa shape index (κ2) is 6.44. The number of carbonyl (C=O) groups is 1. The van der Waals surface area contributed by atoms with Crippen molar-refractivity contribution in [3.05, 3.63) is 29.8 Å². The minimum Gasteiger partial charge on any atom is -0.376 e. The molecule has 1 fully saturated rings. The van der Waals surface area contributed by atoms with Crippen molar-refractivity contribution in [3.63, 3.8) is 0 Å². The number of sulfonamides is 1. The lowest BCUT2D eigenvalue weighted by atomic mass is 10.2. The second-order valence-electron chi connectivity index (χ2n) is 5.13. The summed E-state index contributed by atoms with van der Waals surface area (Å²) < 4.78 is 29.6. The predicted octanol–water partition coefficient (Wildman–Crippen LogP) is 0.991. The molecule has 1 N–H and O–H groups in total. The molecule has 0 aromatic heterocycles. The van der Waals surface area contributed by atoms with Gasteiger partial charge in [0.05, 0.1) is 18.0 Å². The zero-order chi connectivity index (χ0) is 15.5. The van der Waals surface area contributed by atoms with E-state index in [1.54, 1.807) is 24.3 Å². The zero-order valence-electron chi connectivity index (χ0n) is 12.2. The maximum absolute atomic E-state index is 12.1. The Balaban J connectivity index is 2.04. The van der Waals surface area contributed by atoms with Crippen LogP contribution in [0.25, 0.3) is 0 Å². The molecular weight excluding hydrogens is 292 g/mol. The van der Waals surface area contributed by atoms with Crippen LogP contribution in [0.1, 0.15) is 23.2 Å². The first-order valence-electron chi connectivity index (χ1n) is 6.81. The summed E-state index contributed by atoms with van der Waals surface area (Å²) in [6.07, 6.45) is 3.18. The Kier molecular flexibility index (Phi) is 4.84. The summed E-state index contributed by atoms with van der Waals surface area (Å²) in [5, 5.41) is 2.81. The average molecular weight is 312 g/mol. The van der Waals surface area contributed by atoms with E-state index in [0.29, 0.717) is 17.8 Å². The monoisotopic (exact) mass is 312 g/mol. The third-order valence-electron chi connectivity index (χ3n) is 3.48. The summed E-state index contributed by atoms with van der Waals surface area (Å²) in [5.41, 5.74) is 0.892. The van der Waals surface area contributed by atoms with Crippen molar-refractivity contribution in [2.45, 2.75) is 18.9 Å². The second-order valence-corrected chi connectivity index (χ2v) is 7.14. The number of carbonyl (C=O) groups excluding carboxylic acids is 1. The van der Waals surface area contributed by atoms with Crippen molar-refractivity contribution in [1.29, 1.82) is 0 Å². The Morgan fingerprint density at radius 1 is 1.48 bits per heavy atom. The lowest BCUT2D eigenvalue weighted by Crippen LogP contribution is -2.32. The molecule has 116 valence electrons. The van der Waals surface area contributed by atoms with Crippen LogP contribution in [0, 0.1) is 0 Å². The van der Waals surface area contributed by atoms with Crippen LogP contribution >= 0.6 is 0 Å². The van der Waals surface area contributed by atoms with Crippen LogP contribution in [0.15, 0.2) is 24.3 Å². The number of hydrogen-bond acceptors (Lipinski definition) is 4. The van der Waals surface area contributed by atoms with Crippen LogP contribution in [0.5, 0.6) is 0 Å². The summed E-state index contributed by atoms with van der Waals surface area (Å²) in [6, 6.07) is 6.53. The van der Waals surface area contributed by atoms with E-state index in [2.05, 4.69) is 5.32 Å². The van der Waals surface area contributed by atoms with E-state index in [9.17, 15) is 13.2 Å². The SMILES string of the molecule is CN(c1cccc(C(=O)NC[C@@H]2CCCO2)c1)S(C)(=O)=O. The normalized spacial score (nSPS) is 18.5. The van der Waals surface area contributed by atoms with Crippen molar-refractivity contribution >= 4 is 21.6 Å². The van der Waals surface area contributed by atoms with Gasteiger partial charge in [-0.15, -0.1) is 0 Å². The molecule has 21 heavy (non-hydrogen) atoms. The van der Waals surface area contributed by atoms with Gasteiger partial charge in [-0.2, -0.15) is 0 Å². The lowest BCUT2D eigenvalue weighted by molar-refractivity contribution is 0.0858. The van der Waals surface area contributed by atoms with Gasteiger partial charge >= 0.3 is 0 Å². The van der Waals surface area contributed by atoms with E-state index in [1.165, 1.54) is 7.05 Å².